The summed E-state index contributed by atoms with van der Waals surface area (Å²) in [5.41, 5.74) is 1.59. The molecule has 100 valence electrons. The lowest BCUT2D eigenvalue weighted by molar-refractivity contribution is 0.0973. The zero-order valence-corrected chi connectivity index (χ0v) is 12.9. The van der Waals surface area contributed by atoms with E-state index in [1.54, 1.807) is 12.1 Å². The fraction of sp³-hybridized carbons (Fsp3) is 0.0625. The third-order valence-corrected chi connectivity index (χ3v) is 4.19. The van der Waals surface area contributed by atoms with E-state index in [1.807, 2.05) is 47.2 Å². The van der Waals surface area contributed by atoms with Gasteiger partial charge in [0.2, 0.25) is 0 Å². The lowest BCUT2D eigenvalue weighted by Gasteiger charge is -2.06. The topological polar surface area (TPSA) is 22.0 Å². The van der Waals surface area contributed by atoms with Crippen molar-refractivity contribution in [3.05, 3.63) is 69.8 Å². The number of halogens is 2. The highest BCUT2D eigenvalue weighted by Gasteiger charge is 2.13. The van der Waals surface area contributed by atoms with Gasteiger partial charge in [-0.3, -0.25) is 4.79 Å². The van der Waals surface area contributed by atoms with Crippen LogP contribution in [0.15, 0.2) is 59.2 Å². The second-order valence-electron chi connectivity index (χ2n) is 4.53. The molecule has 4 heteroatoms. The van der Waals surface area contributed by atoms with E-state index in [9.17, 15) is 4.79 Å². The fourth-order valence-corrected chi connectivity index (χ4v) is 3.08. The van der Waals surface area contributed by atoms with E-state index in [1.165, 1.54) is 0 Å². The monoisotopic (exact) mass is 347 g/mol. The van der Waals surface area contributed by atoms with E-state index in [-0.39, 0.29) is 12.3 Å². The molecular formula is C16H11BrClNO. The summed E-state index contributed by atoms with van der Waals surface area (Å²) < 4.78 is 2.92. The molecule has 2 nitrogen and oxygen atoms in total. The van der Waals surface area contributed by atoms with Crippen LogP contribution >= 0.6 is 27.5 Å². The van der Waals surface area contributed by atoms with Gasteiger partial charge in [0.05, 0.1) is 11.6 Å². The zero-order chi connectivity index (χ0) is 14.1. The van der Waals surface area contributed by atoms with Crippen LogP contribution in [0.25, 0.3) is 10.9 Å². The van der Waals surface area contributed by atoms with Crippen molar-refractivity contribution < 1.29 is 4.79 Å². The quantitative estimate of drug-likeness (QED) is 0.614. The molecule has 0 aliphatic heterocycles. The highest BCUT2D eigenvalue weighted by atomic mass is 79.9. The largest absolute Gasteiger partial charge is 0.338 e. The minimum atomic E-state index is 0.00357. The van der Waals surface area contributed by atoms with E-state index in [0.717, 1.165) is 15.4 Å². The molecule has 2 aromatic carbocycles. The number of hydrogen-bond donors (Lipinski definition) is 0. The molecule has 1 heterocycles. The Morgan fingerprint density at radius 1 is 1.10 bits per heavy atom. The number of benzene rings is 2. The van der Waals surface area contributed by atoms with Crippen molar-refractivity contribution >= 4 is 44.2 Å². The average molecular weight is 349 g/mol. The molecule has 0 bridgehead atoms. The third-order valence-electron chi connectivity index (χ3n) is 3.23. The first-order valence-corrected chi connectivity index (χ1v) is 7.35. The van der Waals surface area contributed by atoms with Crippen molar-refractivity contribution in [3.63, 3.8) is 0 Å². The Morgan fingerprint density at radius 3 is 2.60 bits per heavy atom. The molecule has 0 radical (unpaired) electrons. The Labute approximate surface area is 130 Å². The lowest BCUT2D eigenvalue weighted by atomic mass is 10.1. The summed E-state index contributed by atoms with van der Waals surface area (Å²) in [4.78, 5) is 12.4. The van der Waals surface area contributed by atoms with Crippen molar-refractivity contribution in [1.29, 1.82) is 0 Å². The Kier molecular flexibility index (Phi) is 3.64. The molecule has 0 aliphatic carbocycles. The number of ketones is 1. The fourth-order valence-electron chi connectivity index (χ4n) is 2.26. The van der Waals surface area contributed by atoms with E-state index in [0.29, 0.717) is 10.6 Å². The van der Waals surface area contributed by atoms with Crippen LogP contribution in [-0.2, 0) is 6.54 Å². The van der Waals surface area contributed by atoms with E-state index in [4.69, 9.17) is 11.6 Å². The van der Waals surface area contributed by atoms with Crippen LogP contribution < -0.4 is 0 Å². The Bertz CT molecular complexity index is 794. The van der Waals surface area contributed by atoms with Crippen molar-refractivity contribution in [2.45, 2.75) is 6.54 Å². The summed E-state index contributed by atoms with van der Waals surface area (Å²) in [5, 5.41) is 1.59. The standard InChI is InChI=1S/C16H11BrClNO/c17-13-9-19(15-8-4-2-5-11(13)15)10-16(20)12-6-1-3-7-14(12)18/h1-9H,10H2. The SMILES string of the molecule is O=C(Cn1cc(Br)c2ccccc21)c1ccccc1Cl. The van der Waals surface area contributed by atoms with Gasteiger partial charge in [0.1, 0.15) is 0 Å². The van der Waals surface area contributed by atoms with Crippen LogP contribution in [0.5, 0.6) is 0 Å². The molecule has 0 atom stereocenters. The minimum Gasteiger partial charge on any atom is -0.338 e. The van der Waals surface area contributed by atoms with E-state index < -0.39 is 0 Å². The highest BCUT2D eigenvalue weighted by molar-refractivity contribution is 9.10. The number of nitrogens with zero attached hydrogens (tertiary/aromatic N) is 1. The molecule has 0 saturated heterocycles. The van der Waals surface area contributed by atoms with E-state index in [2.05, 4.69) is 15.9 Å². The normalized spacial score (nSPS) is 10.9. The number of aromatic nitrogens is 1. The van der Waals surface area contributed by atoms with Gasteiger partial charge in [0, 0.05) is 27.1 Å². The van der Waals surface area contributed by atoms with Gasteiger partial charge in [-0.1, -0.05) is 41.9 Å². The maximum absolute atomic E-state index is 12.4. The summed E-state index contributed by atoms with van der Waals surface area (Å²) in [6.07, 6.45) is 1.93. The van der Waals surface area contributed by atoms with Crippen molar-refractivity contribution in [3.8, 4) is 0 Å². The first-order chi connectivity index (χ1) is 9.66. The summed E-state index contributed by atoms with van der Waals surface area (Å²) in [5.74, 6) is 0.00357. The van der Waals surface area contributed by atoms with Gasteiger partial charge in [0.15, 0.2) is 5.78 Å². The molecule has 0 amide bonds. The first-order valence-electron chi connectivity index (χ1n) is 6.18. The summed E-state index contributed by atoms with van der Waals surface area (Å²) in [6, 6.07) is 15.1. The van der Waals surface area contributed by atoms with Gasteiger partial charge in [-0.05, 0) is 34.1 Å². The van der Waals surface area contributed by atoms with Crippen LogP contribution in [0.2, 0.25) is 5.02 Å². The maximum Gasteiger partial charge on any atom is 0.183 e. The van der Waals surface area contributed by atoms with Gasteiger partial charge in [-0.15, -0.1) is 0 Å². The van der Waals surface area contributed by atoms with Crippen molar-refractivity contribution in [2.24, 2.45) is 0 Å². The minimum absolute atomic E-state index is 0.00357. The number of carbonyl (C=O) groups excluding carboxylic acids is 1. The number of rotatable bonds is 3. The van der Waals surface area contributed by atoms with E-state index >= 15 is 0 Å². The number of para-hydroxylation sites is 1. The summed E-state index contributed by atoms with van der Waals surface area (Å²) >= 11 is 9.59. The predicted molar refractivity (Wildman–Crippen MR) is 85.4 cm³/mol. The first kappa shape index (κ1) is 13.4. The molecule has 0 fully saturated rings. The number of hydrogen-bond acceptors (Lipinski definition) is 1. The zero-order valence-electron chi connectivity index (χ0n) is 10.5. The van der Waals surface area contributed by atoms with Gasteiger partial charge in [-0.2, -0.15) is 0 Å². The molecule has 0 unspecified atom stereocenters. The lowest BCUT2D eigenvalue weighted by Crippen LogP contribution is -2.09. The van der Waals surface area contributed by atoms with Gasteiger partial charge < -0.3 is 4.57 Å². The smallest absolute Gasteiger partial charge is 0.183 e. The summed E-state index contributed by atoms with van der Waals surface area (Å²) in [6.45, 7) is 0.274. The predicted octanol–water partition coefficient (Wildman–Crippen LogP) is 4.94. The second kappa shape index (κ2) is 5.43. The number of Topliss-reactive ketones (excluding diaryl/α,β-unsaturated/α-hetero) is 1. The number of carbonyl (C=O) groups is 1. The molecule has 0 N–H and O–H groups in total. The summed E-state index contributed by atoms with van der Waals surface area (Å²) in [7, 11) is 0. The maximum atomic E-state index is 12.4. The molecule has 20 heavy (non-hydrogen) atoms. The third kappa shape index (κ3) is 2.39. The molecule has 3 aromatic rings. The van der Waals surface area contributed by atoms with Crippen molar-refractivity contribution in [2.75, 3.05) is 0 Å². The molecular weight excluding hydrogens is 338 g/mol. The van der Waals surface area contributed by atoms with Gasteiger partial charge >= 0.3 is 0 Å². The van der Waals surface area contributed by atoms with Crippen molar-refractivity contribution in [1.82, 2.24) is 4.57 Å². The molecule has 0 saturated carbocycles. The Morgan fingerprint density at radius 2 is 1.80 bits per heavy atom. The van der Waals surface area contributed by atoms with Crippen LogP contribution in [0.3, 0.4) is 0 Å². The Hall–Kier alpha value is -1.58. The van der Waals surface area contributed by atoms with Crippen LogP contribution in [0, 0.1) is 0 Å². The molecule has 3 rings (SSSR count). The highest BCUT2D eigenvalue weighted by Crippen LogP contribution is 2.26. The average Bonchev–Trinajstić information content (AvgIpc) is 2.76. The molecule has 0 spiro atoms. The number of fused-ring (bicyclic) bond motifs is 1. The second-order valence-corrected chi connectivity index (χ2v) is 5.79. The van der Waals surface area contributed by atoms with Gasteiger partial charge in [-0.25, -0.2) is 0 Å². The van der Waals surface area contributed by atoms with Gasteiger partial charge in [0.25, 0.3) is 0 Å². The van der Waals surface area contributed by atoms with Crippen LogP contribution in [0.4, 0.5) is 0 Å². The molecule has 1 aromatic heterocycles. The molecule has 0 aliphatic rings. The Balaban J connectivity index is 1.98. The van der Waals surface area contributed by atoms with Crippen LogP contribution in [-0.4, -0.2) is 10.4 Å². The van der Waals surface area contributed by atoms with Crippen LogP contribution in [0.1, 0.15) is 10.4 Å².